The van der Waals surface area contributed by atoms with Gasteiger partial charge in [0.25, 0.3) is 0 Å². The van der Waals surface area contributed by atoms with Gasteiger partial charge < -0.3 is 15.4 Å². The summed E-state index contributed by atoms with van der Waals surface area (Å²) in [4.78, 5) is 2.59. The van der Waals surface area contributed by atoms with Gasteiger partial charge in [0.05, 0.1) is 6.61 Å². The summed E-state index contributed by atoms with van der Waals surface area (Å²) in [7, 11) is 0. The van der Waals surface area contributed by atoms with Crippen molar-refractivity contribution in [3.05, 3.63) is 29.8 Å². The van der Waals surface area contributed by atoms with E-state index < -0.39 is 0 Å². The molecule has 3 nitrogen and oxygen atoms in total. The molecule has 0 radical (unpaired) electrons. The van der Waals surface area contributed by atoms with E-state index in [2.05, 4.69) is 17.9 Å². The van der Waals surface area contributed by atoms with Gasteiger partial charge in [0.2, 0.25) is 0 Å². The standard InChI is InChI=1S/C16H24N2O/c1-12-6-4-5-9-18(12)10-13-11-19-15-8-3-2-7-14(15)16(13)17/h2-3,7-8,12-13,16H,4-6,9-11,17H2,1H3. The molecule has 3 atom stereocenters. The highest BCUT2D eigenvalue weighted by molar-refractivity contribution is 5.37. The fourth-order valence-corrected chi connectivity index (χ4v) is 3.34. The van der Waals surface area contributed by atoms with Crippen LogP contribution in [0.5, 0.6) is 5.75 Å². The zero-order valence-electron chi connectivity index (χ0n) is 11.7. The van der Waals surface area contributed by atoms with E-state index in [1.807, 2.05) is 18.2 Å². The first kappa shape index (κ1) is 12.9. The molecule has 2 N–H and O–H groups in total. The lowest BCUT2D eigenvalue weighted by atomic mass is 9.90. The summed E-state index contributed by atoms with van der Waals surface area (Å²) in [6.45, 7) is 5.37. The Bertz CT molecular complexity index is 435. The van der Waals surface area contributed by atoms with E-state index >= 15 is 0 Å². The quantitative estimate of drug-likeness (QED) is 0.888. The molecule has 3 unspecified atom stereocenters. The monoisotopic (exact) mass is 260 g/mol. The second kappa shape index (κ2) is 5.51. The molecular weight excluding hydrogens is 236 g/mol. The van der Waals surface area contributed by atoms with Crippen LogP contribution in [0.4, 0.5) is 0 Å². The van der Waals surface area contributed by atoms with Crippen LogP contribution < -0.4 is 10.5 Å². The molecule has 0 aliphatic carbocycles. The van der Waals surface area contributed by atoms with E-state index in [4.69, 9.17) is 10.5 Å². The molecule has 2 heterocycles. The lowest BCUT2D eigenvalue weighted by Crippen LogP contribution is -2.45. The highest BCUT2D eigenvalue weighted by Crippen LogP contribution is 2.34. The summed E-state index contributed by atoms with van der Waals surface area (Å²) in [5.41, 5.74) is 7.62. The number of fused-ring (bicyclic) bond motifs is 1. The number of para-hydroxylation sites is 1. The van der Waals surface area contributed by atoms with Crippen molar-refractivity contribution in [3.8, 4) is 5.75 Å². The van der Waals surface area contributed by atoms with Gasteiger partial charge in [-0.25, -0.2) is 0 Å². The molecule has 0 amide bonds. The van der Waals surface area contributed by atoms with Gasteiger partial charge in [0, 0.05) is 30.1 Å². The molecule has 0 saturated carbocycles. The normalized spacial score (nSPS) is 31.6. The molecule has 1 aromatic rings. The van der Waals surface area contributed by atoms with E-state index in [0.717, 1.165) is 18.9 Å². The second-order valence-electron chi connectivity index (χ2n) is 5.97. The molecule has 2 aliphatic heterocycles. The van der Waals surface area contributed by atoms with Gasteiger partial charge in [0.15, 0.2) is 0 Å². The Labute approximate surface area is 115 Å². The number of nitrogens with zero attached hydrogens (tertiary/aromatic N) is 1. The van der Waals surface area contributed by atoms with Crippen molar-refractivity contribution in [1.82, 2.24) is 4.90 Å². The lowest BCUT2D eigenvalue weighted by Gasteiger charge is -2.39. The Balaban J connectivity index is 1.70. The van der Waals surface area contributed by atoms with Crippen LogP contribution in [0.15, 0.2) is 24.3 Å². The van der Waals surface area contributed by atoms with E-state index in [9.17, 15) is 0 Å². The number of piperidine rings is 1. The molecule has 0 spiro atoms. The Kier molecular flexibility index (Phi) is 3.76. The van der Waals surface area contributed by atoms with Gasteiger partial charge in [-0.2, -0.15) is 0 Å². The smallest absolute Gasteiger partial charge is 0.124 e. The van der Waals surface area contributed by atoms with Gasteiger partial charge in [-0.05, 0) is 32.4 Å². The molecule has 3 heteroatoms. The third-order valence-electron chi connectivity index (χ3n) is 4.65. The maximum absolute atomic E-state index is 6.45. The van der Waals surface area contributed by atoms with Crippen molar-refractivity contribution < 1.29 is 4.74 Å². The Morgan fingerprint density at radius 2 is 2.16 bits per heavy atom. The number of likely N-dealkylation sites (tertiary alicyclic amines) is 1. The summed E-state index contributed by atoms with van der Waals surface area (Å²) in [6, 6.07) is 8.99. The van der Waals surface area contributed by atoms with Crippen LogP contribution in [0.25, 0.3) is 0 Å². The zero-order valence-corrected chi connectivity index (χ0v) is 11.7. The third-order valence-corrected chi connectivity index (χ3v) is 4.65. The minimum atomic E-state index is 0.110. The Morgan fingerprint density at radius 3 is 3.00 bits per heavy atom. The molecule has 1 aromatic carbocycles. The summed E-state index contributed by atoms with van der Waals surface area (Å²) in [6.07, 6.45) is 4.01. The fourth-order valence-electron chi connectivity index (χ4n) is 3.34. The van der Waals surface area contributed by atoms with E-state index in [1.54, 1.807) is 0 Å². The van der Waals surface area contributed by atoms with Crippen LogP contribution >= 0.6 is 0 Å². The van der Waals surface area contributed by atoms with E-state index in [-0.39, 0.29) is 6.04 Å². The highest BCUT2D eigenvalue weighted by Gasteiger charge is 2.31. The SMILES string of the molecule is CC1CCCCN1CC1COc2ccccc2C1N. The maximum Gasteiger partial charge on any atom is 0.124 e. The van der Waals surface area contributed by atoms with Crippen LogP contribution in [0, 0.1) is 5.92 Å². The first-order valence-corrected chi connectivity index (χ1v) is 7.47. The van der Waals surface area contributed by atoms with Crippen molar-refractivity contribution in [1.29, 1.82) is 0 Å². The largest absolute Gasteiger partial charge is 0.493 e. The van der Waals surface area contributed by atoms with Crippen LogP contribution in [0.2, 0.25) is 0 Å². The predicted octanol–water partition coefficient (Wildman–Crippen LogP) is 2.57. The van der Waals surface area contributed by atoms with Crippen LogP contribution in [-0.2, 0) is 0 Å². The molecule has 1 fully saturated rings. The third kappa shape index (κ3) is 2.63. The van der Waals surface area contributed by atoms with Gasteiger partial charge in [-0.1, -0.05) is 24.6 Å². The van der Waals surface area contributed by atoms with Crippen molar-refractivity contribution in [3.63, 3.8) is 0 Å². The Hall–Kier alpha value is -1.06. The van der Waals surface area contributed by atoms with Crippen LogP contribution in [-0.4, -0.2) is 30.6 Å². The summed E-state index contributed by atoms with van der Waals surface area (Å²) in [5.74, 6) is 1.38. The Morgan fingerprint density at radius 1 is 1.32 bits per heavy atom. The highest BCUT2D eigenvalue weighted by atomic mass is 16.5. The van der Waals surface area contributed by atoms with Crippen LogP contribution in [0.1, 0.15) is 37.8 Å². The predicted molar refractivity (Wildman–Crippen MR) is 77.2 cm³/mol. The maximum atomic E-state index is 6.45. The van der Waals surface area contributed by atoms with Gasteiger partial charge in [-0.3, -0.25) is 0 Å². The van der Waals surface area contributed by atoms with Gasteiger partial charge >= 0.3 is 0 Å². The minimum absolute atomic E-state index is 0.110. The molecule has 104 valence electrons. The summed E-state index contributed by atoms with van der Waals surface area (Å²) in [5, 5.41) is 0. The number of nitrogens with two attached hydrogens (primary N) is 1. The average molecular weight is 260 g/mol. The average Bonchev–Trinajstić information content (AvgIpc) is 2.44. The topological polar surface area (TPSA) is 38.5 Å². The molecule has 3 rings (SSSR count). The van der Waals surface area contributed by atoms with Crippen molar-refractivity contribution in [2.45, 2.75) is 38.3 Å². The summed E-state index contributed by atoms with van der Waals surface area (Å²) < 4.78 is 5.88. The number of hydrogen-bond acceptors (Lipinski definition) is 3. The molecule has 0 bridgehead atoms. The van der Waals surface area contributed by atoms with Gasteiger partial charge in [0.1, 0.15) is 5.75 Å². The zero-order chi connectivity index (χ0) is 13.2. The minimum Gasteiger partial charge on any atom is -0.493 e. The van der Waals surface area contributed by atoms with Gasteiger partial charge in [-0.15, -0.1) is 0 Å². The second-order valence-corrected chi connectivity index (χ2v) is 5.97. The molecular formula is C16H24N2O. The lowest BCUT2D eigenvalue weighted by molar-refractivity contribution is 0.0941. The molecule has 19 heavy (non-hydrogen) atoms. The van der Waals surface area contributed by atoms with Crippen molar-refractivity contribution in [2.75, 3.05) is 19.7 Å². The van der Waals surface area contributed by atoms with Crippen molar-refractivity contribution in [2.24, 2.45) is 11.7 Å². The molecule has 1 saturated heterocycles. The van der Waals surface area contributed by atoms with Crippen LogP contribution in [0.3, 0.4) is 0 Å². The number of ether oxygens (including phenoxy) is 1. The number of hydrogen-bond donors (Lipinski definition) is 1. The molecule has 0 aromatic heterocycles. The van der Waals surface area contributed by atoms with Crippen molar-refractivity contribution >= 4 is 0 Å². The first-order valence-electron chi connectivity index (χ1n) is 7.47. The van der Waals surface area contributed by atoms with E-state index in [1.165, 1.54) is 31.4 Å². The first-order chi connectivity index (χ1) is 9.25. The number of benzene rings is 1. The summed E-state index contributed by atoms with van der Waals surface area (Å²) >= 11 is 0. The fraction of sp³-hybridized carbons (Fsp3) is 0.625. The van der Waals surface area contributed by atoms with E-state index in [0.29, 0.717) is 12.0 Å². The number of rotatable bonds is 2. The molecule has 2 aliphatic rings.